The number of rotatable bonds is 0. The van der Waals surface area contributed by atoms with Gasteiger partial charge in [-0.2, -0.15) is 0 Å². The Bertz CT molecular complexity index is 264. The fourth-order valence-corrected chi connectivity index (χ4v) is 2.49. The van der Waals surface area contributed by atoms with E-state index in [-0.39, 0.29) is 6.03 Å². The maximum absolute atomic E-state index is 11.2. The molecule has 66 valence electrons. The van der Waals surface area contributed by atoms with Crippen molar-refractivity contribution in [2.24, 2.45) is 0 Å². The number of hydrogen-bond donors (Lipinski definition) is 2. The fourth-order valence-electron chi connectivity index (χ4n) is 1.33. The van der Waals surface area contributed by atoms with Gasteiger partial charge in [0.1, 0.15) is 0 Å². The van der Waals surface area contributed by atoms with Crippen molar-refractivity contribution in [2.75, 3.05) is 12.8 Å². The highest BCUT2D eigenvalue weighted by Crippen LogP contribution is 2.35. The highest BCUT2D eigenvalue weighted by molar-refractivity contribution is 8.03. The summed E-state index contributed by atoms with van der Waals surface area (Å²) in [6.45, 7) is 0. The molecule has 2 rings (SSSR count). The molecule has 2 aliphatic rings. The standard InChI is InChI=1S/C7H10N2O2S/c1-9-6(10)5-4(2-3-12-5)8-7(9)11/h6,10H,2-3H2,1H3,(H,8,11). The van der Waals surface area contributed by atoms with E-state index in [0.29, 0.717) is 0 Å². The van der Waals surface area contributed by atoms with E-state index in [1.165, 1.54) is 4.90 Å². The second kappa shape index (κ2) is 2.67. The molecule has 2 N–H and O–H groups in total. The third kappa shape index (κ3) is 1.01. The lowest BCUT2D eigenvalue weighted by atomic mass is 10.2. The van der Waals surface area contributed by atoms with Crippen LogP contribution < -0.4 is 5.32 Å². The molecule has 2 heterocycles. The first-order valence-electron chi connectivity index (χ1n) is 3.78. The molecule has 0 aliphatic carbocycles. The average molecular weight is 186 g/mol. The molecule has 1 atom stereocenters. The largest absolute Gasteiger partial charge is 0.369 e. The van der Waals surface area contributed by atoms with Crippen molar-refractivity contribution in [1.82, 2.24) is 10.2 Å². The lowest BCUT2D eigenvalue weighted by Gasteiger charge is -2.29. The van der Waals surface area contributed by atoms with Gasteiger partial charge in [-0.3, -0.25) is 4.90 Å². The number of hydrogen-bond acceptors (Lipinski definition) is 3. The van der Waals surface area contributed by atoms with Crippen LogP contribution in [0.5, 0.6) is 0 Å². The number of aliphatic hydroxyl groups excluding tert-OH is 1. The molecule has 1 unspecified atom stereocenters. The zero-order chi connectivity index (χ0) is 8.72. The second-order valence-electron chi connectivity index (χ2n) is 2.86. The summed E-state index contributed by atoms with van der Waals surface area (Å²) in [6, 6.07) is -0.219. The van der Waals surface area contributed by atoms with Gasteiger partial charge in [0.25, 0.3) is 0 Å². The molecule has 0 radical (unpaired) electrons. The Hall–Kier alpha value is -0.680. The molecule has 0 bridgehead atoms. The van der Waals surface area contributed by atoms with Crippen LogP contribution in [0, 0.1) is 0 Å². The number of carbonyl (C=O) groups excluding carboxylic acids is 1. The van der Waals surface area contributed by atoms with Gasteiger partial charge in [0.2, 0.25) is 0 Å². The molecule has 0 aromatic heterocycles. The van der Waals surface area contributed by atoms with E-state index in [9.17, 15) is 9.90 Å². The summed E-state index contributed by atoms with van der Waals surface area (Å²) in [4.78, 5) is 13.4. The van der Waals surface area contributed by atoms with Crippen molar-refractivity contribution in [2.45, 2.75) is 12.6 Å². The van der Waals surface area contributed by atoms with Gasteiger partial charge in [-0.1, -0.05) is 0 Å². The van der Waals surface area contributed by atoms with Crippen molar-refractivity contribution in [3.8, 4) is 0 Å². The molecule has 5 heteroatoms. The number of aliphatic hydroxyl groups is 1. The van der Waals surface area contributed by atoms with Gasteiger partial charge in [-0.15, -0.1) is 11.8 Å². The summed E-state index contributed by atoms with van der Waals surface area (Å²) >= 11 is 1.61. The maximum atomic E-state index is 11.2. The lowest BCUT2D eigenvalue weighted by Crippen LogP contribution is -2.48. The van der Waals surface area contributed by atoms with Crippen LogP contribution in [0.3, 0.4) is 0 Å². The minimum absolute atomic E-state index is 0.219. The van der Waals surface area contributed by atoms with E-state index < -0.39 is 6.23 Å². The fraction of sp³-hybridized carbons (Fsp3) is 0.571. The number of likely N-dealkylation sites (N-methyl/N-ethyl adjacent to an activating group) is 1. The van der Waals surface area contributed by atoms with Crippen LogP contribution >= 0.6 is 11.8 Å². The predicted octanol–water partition coefficient (Wildman–Crippen LogP) is 0.308. The highest BCUT2D eigenvalue weighted by atomic mass is 32.2. The van der Waals surface area contributed by atoms with Crippen LogP contribution in [0.15, 0.2) is 10.6 Å². The molecule has 4 nitrogen and oxygen atoms in total. The number of nitrogens with zero attached hydrogens (tertiary/aromatic N) is 1. The van der Waals surface area contributed by atoms with Crippen LogP contribution in [0.25, 0.3) is 0 Å². The molecule has 12 heavy (non-hydrogen) atoms. The molecular formula is C7H10N2O2S. The van der Waals surface area contributed by atoms with Crippen molar-refractivity contribution in [3.05, 3.63) is 10.6 Å². The summed E-state index contributed by atoms with van der Waals surface area (Å²) in [5, 5.41) is 12.3. The zero-order valence-electron chi connectivity index (χ0n) is 6.70. The second-order valence-corrected chi connectivity index (χ2v) is 3.99. The number of urea groups is 1. The molecular weight excluding hydrogens is 176 g/mol. The van der Waals surface area contributed by atoms with Gasteiger partial charge in [0.05, 0.1) is 4.91 Å². The van der Waals surface area contributed by atoms with Crippen molar-refractivity contribution in [3.63, 3.8) is 0 Å². The average Bonchev–Trinajstić information content (AvgIpc) is 2.48. The van der Waals surface area contributed by atoms with Gasteiger partial charge in [0.15, 0.2) is 6.23 Å². The van der Waals surface area contributed by atoms with E-state index in [4.69, 9.17) is 0 Å². The van der Waals surface area contributed by atoms with Crippen LogP contribution in [-0.4, -0.2) is 35.1 Å². The van der Waals surface area contributed by atoms with E-state index in [2.05, 4.69) is 5.32 Å². The van der Waals surface area contributed by atoms with Crippen LogP contribution in [0.1, 0.15) is 6.42 Å². The zero-order valence-corrected chi connectivity index (χ0v) is 7.52. The number of thioether (sulfide) groups is 1. The summed E-state index contributed by atoms with van der Waals surface area (Å²) < 4.78 is 0. The molecule has 2 amide bonds. The summed E-state index contributed by atoms with van der Waals surface area (Å²) in [7, 11) is 1.59. The summed E-state index contributed by atoms with van der Waals surface area (Å²) in [5.74, 6) is 0.954. The SMILES string of the molecule is CN1C(=O)NC2=C(SCC2)C1O. The topological polar surface area (TPSA) is 52.6 Å². The van der Waals surface area contributed by atoms with Crippen molar-refractivity contribution < 1.29 is 9.90 Å². The molecule has 2 aliphatic heterocycles. The predicted molar refractivity (Wildman–Crippen MR) is 46.4 cm³/mol. The van der Waals surface area contributed by atoms with Crippen LogP contribution in [0.4, 0.5) is 4.79 Å². The van der Waals surface area contributed by atoms with E-state index in [1.54, 1.807) is 18.8 Å². The molecule has 0 fully saturated rings. The lowest BCUT2D eigenvalue weighted by molar-refractivity contribution is 0.0756. The summed E-state index contributed by atoms with van der Waals surface area (Å²) in [6.07, 6.45) is 0.123. The first-order chi connectivity index (χ1) is 5.70. The van der Waals surface area contributed by atoms with Gasteiger partial charge >= 0.3 is 6.03 Å². The Kier molecular flexibility index (Phi) is 1.77. The van der Waals surface area contributed by atoms with Crippen LogP contribution in [-0.2, 0) is 0 Å². The van der Waals surface area contributed by atoms with Crippen molar-refractivity contribution in [1.29, 1.82) is 0 Å². The Morgan fingerprint density at radius 3 is 3.25 bits per heavy atom. The van der Waals surface area contributed by atoms with E-state index in [1.807, 2.05) is 0 Å². The quantitative estimate of drug-likeness (QED) is 0.572. The Morgan fingerprint density at radius 1 is 1.75 bits per heavy atom. The number of carbonyl (C=O) groups is 1. The Balaban J connectivity index is 2.31. The van der Waals surface area contributed by atoms with Crippen LogP contribution in [0.2, 0.25) is 0 Å². The number of allylic oxidation sites excluding steroid dienone is 1. The maximum Gasteiger partial charge on any atom is 0.323 e. The molecule has 0 saturated carbocycles. The Labute approximate surface area is 74.6 Å². The van der Waals surface area contributed by atoms with Gasteiger partial charge < -0.3 is 10.4 Å². The molecule has 0 spiro atoms. The van der Waals surface area contributed by atoms with E-state index >= 15 is 0 Å². The van der Waals surface area contributed by atoms with Gasteiger partial charge in [-0.05, 0) is 6.42 Å². The first kappa shape index (κ1) is 7.94. The molecule has 0 aromatic rings. The monoisotopic (exact) mass is 186 g/mol. The number of nitrogens with one attached hydrogen (secondary N) is 1. The third-order valence-corrected chi connectivity index (χ3v) is 3.26. The number of amides is 2. The normalized spacial score (nSPS) is 29.0. The Morgan fingerprint density at radius 2 is 2.50 bits per heavy atom. The first-order valence-corrected chi connectivity index (χ1v) is 4.76. The minimum Gasteiger partial charge on any atom is -0.369 e. The smallest absolute Gasteiger partial charge is 0.323 e. The third-order valence-electron chi connectivity index (χ3n) is 2.09. The molecule has 0 saturated heterocycles. The highest BCUT2D eigenvalue weighted by Gasteiger charge is 2.33. The summed E-state index contributed by atoms with van der Waals surface area (Å²) in [5.41, 5.74) is 0.899. The van der Waals surface area contributed by atoms with Crippen molar-refractivity contribution >= 4 is 17.8 Å². The molecule has 0 aromatic carbocycles. The van der Waals surface area contributed by atoms with Gasteiger partial charge in [-0.25, -0.2) is 4.79 Å². The van der Waals surface area contributed by atoms with E-state index in [0.717, 1.165) is 22.8 Å². The minimum atomic E-state index is -0.735. The van der Waals surface area contributed by atoms with Gasteiger partial charge in [0, 0.05) is 18.5 Å².